The van der Waals surface area contributed by atoms with E-state index in [0.717, 1.165) is 37.8 Å². The van der Waals surface area contributed by atoms with Gasteiger partial charge in [0.15, 0.2) is 0 Å². The van der Waals surface area contributed by atoms with Crippen molar-refractivity contribution in [1.29, 1.82) is 0 Å². The summed E-state index contributed by atoms with van der Waals surface area (Å²) >= 11 is 0. The van der Waals surface area contributed by atoms with Crippen LogP contribution in [0.2, 0.25) is 0 Å². The van der Waals surface area contributed by atoms with Crippen molar-refractivity contribution in [2.45, 2.75) is 38.7 Å². The standard InChI is InChI=1S/C21H31N3O3/c1-15-6-8-16(9-7-15)19-18(5-3-13-27-19)21(26)24-12-2-4-17(14-24)20(25)23-11-10-22/h6-9,17-19H,2-5,10-14,22H2,1H3,(H,23,25). The molecular weight excluding hydrogens is 342 g/mol. The minimum absolute atomic E-state index is 0.00734. The van der Waals surface area contributed by atoms with Crippen molar-refractivity contribution in [2.24, 2.45) is 17.6 Å². The third-order valence-corrected chi connectivity index (χ3v) is 5.59. The SMILES string of the molecule is Cc1ccc(C2OCCCC2C(=O)N2CCCC(C(=O)NCCN)C2)cc1. The number of hydrogen-bond donors (Lipinski definition) is 2. The third-order valence-electron chi connectivity index (χ3n) is 5.59. The van der Waals surface area contributed by atoms with Crippen molar-refractivity contribution < 1.29 is 14.3 Å². The van der Waals surface area contributed by atoms with Gasteiger partial charge in [0, 0.05) is 32.8 Å². The number of hydrogen-bond acceptors (Lipinski definition) is 4. The number of likely N-dealkylation sites (tertiary alicyclic amines) is 1. The molecular formula is C21H31N3O3. The molecule has 0 aromatic heterocycles. The van der Waals surface area contributed by atoms with Crippen molar-refractivity contribution in [3.8, 4) is 0 Å². The molecule has 6 nitrogen and oxygen atoms in total. The number of rotatable bonds is 5. The first-order valence-corrected chi connectivity index (χ1v) is 10.0. The lowest BCUT2D eigenvalue weighted by atomic mass is 9.87. The zero-order valence-electron chi connectivity index (χ0n) is 16.2. The van der Waals surface area contributed by atoms with Gasteiger partial charge in [-0.1, -0.05) is 29.8 Å². The summed E-state index contributed by atoms with van der Waals surface area (Å²) in [5.41, 5.74) is 7.72. The van der Waals surface area contributed by atoms with Gasteiger partial charge in [-0.05, 0) is 38.2 Å². The molecule has 2 aliphatic heterocycles. The lowest BCUT2D eigenvalue weighted by Gasteiger charge is -2.38. The highest BCUT2D eigenvalue weighted by molar-refractivity contribution is 5.83. The first kappa shape index (κ1) is 19.8. The maximum Gasteiger partial charge on any atom is 0.228 e. The largest absolute Gasteiger partial charge is 0.373 e. The van der Waals surface area contributed by atoms with Crippen LogP contribution in [0.15, 0.2) is 24.3 Å². The molecule has 1 aromatic carbocycles. The van der Waals surface area contributed by atoms with Crippen molar-refractivity contribution >= 4 is 11.8 Å². The summed E-state index contributed by atoms with van der Waals surface area (Å²) in [7, 11) is 0. The van der Waals surface area contributed by atoms with Crippen molar-refractivity contribution in [1.82, 2.24) is 10.2 Å². The van der Waals surface area contributed by atoms with E-state index in [1.165, 1.54) is 5.56 Å². The molecule has 0 saturated carbocycles. The minimum Gasteiger partial charge on any atom is -0.373 e. The van der Waals surface area contributed by atoms with E-state index in [2.05, 4.69) is 36.5 Å². The van der Waals surface area contributed by atoms with E-state index < -0.39 is 0 Å². The molecule has 27 heavy (non-hydrogen) atoms. The van der Waals surface area contributed by atoms with Crippen LogP contribution in [-0.2, 0) is 14.3 Å². The van der Waals surface area contributed by atoms with Gasteiger partial charge in [-0.2, -0.15) is 0 Å². The topological polar surface area (TPSA) is 84.7 Å². The van der Waals surface area contributed by atoms with Gasteiger partial charge in [0.05, 0.1) is 17.9 Å². The highest BCUT2D eigenvalue weighted by Crippen LogP contribution is 2.36. The predicted molar refractivity (Wildman–Crippen MR) is 104 cm³/mol. The smallest absolute Gasteiger partial charge is 0.228 e. The molecule has 0 aliphatic carbocycles. The Morgan fingerprint density at radius 2 is 2.00 bits per heavy atom. The molecule has 0 spiro atoms. The molecule has 148 valence electrons. The Labute approximate surface area is 161 Å². The first-order chi connectivity index (χ1) is 13.1. The molecule has 3 rings (SSSR count). The van der Waals surface area contributed by atoms with Gasteiger partial charge >= 0.3 is 0 Å². The lowest BCUT2D eigenvalue weighted by Crippen LogP contribution is -2.49. The second kappa shape index (κ2) is 9.33. The van der Waals surface area contributed by atoms with Gasteiger partial charge < -0.3 is 20.7 Å². The van der Waals surface area contributed by atoms with Crippen LogP contribution in [0, 0.1) is 18.8 Å². The zero-order chi connectivity index (χ0) is 19.2. The van der Waals surface area contributed by atoms with Crippen LogP contribution < -0.4 is 11.1 Å². The van der Waals surface area contributed by atoms with E-state index in [4.69, 9.17) is 10.5 Å². The molecule has 0 radical (unpaired) electrons. The number of ether oxygens (including phenoxy) is 1. The van der Waals surface area contributed by atoms with Gasteiger partial charge in [-0.3, -0.25) is 9.59 Å². The zero-order valence-corrected chi connectivity index (χ0v) is 16.2. The number of carbonyl (C=O) groups is 2. The van der Waals surface area contributed by atoms with E-state index in [1.54, 1.807) is 0 Å². The van der Waals surface area contributed by atoms with Crippen LogP contribution in [0.4, 0.5) is 0 Å². The summed E-state index contributed by atoms with van der Waals surface area (Å²) in [5, 5.41) is 2.85. The van der Waals surface area contributed by atoms with Gasteiger partial charge in [-0.15, -0.1) is 0 Å². The van der Waals surface area contributed by atoms with E-state index in [-0.39, 0.29) is 29.8 Å². The Morgan fingerprint density at radius 1 is 1.22 bits per heavy atom. The second-order valence-corrected chi connectivity index (χ2v) is 7.65. The fourth-order valence-electron chi connectivity index (χ4n) is 4.08. The Morgan fingerprint density at radius 3 is 2.74 bits per heavy atom. The Balaban J connectivity index is 1.68. The highest BCUT2D eigenvalue weighted by atomic mass is 16.5. The molecule has 3 atom stereocenters. The average Bonchev–Trinajstić information content (AvgIpc) is 2.72. The molecule has 2 amide bonds. The Kier molecular flexibility index (Phi) is 6.85. The van der Waals surface area contributed by atoms with Crippen molar-refractivity contribution in [2.75, 3.05) is 32.8 Å². The maximum atomic E-state index is 13.3. The number of carbonyl (C=O) groups excluding carboxylic acids is 2. The monoisotopic (exact) mass is 373 g/mol. The summed E-state index contributed by atoms with van der Waals surface area (Å²) in [6.45, 7) is 4.86. The van der Waals surface area contributed by atoms with Gasteiger partial charge in [0.2, 0.25) is 11.8 Å². The van der Waals surface area contributed by atoms with Gasteiger partial charge in [-0.25, -0.2) is 0 Å². The number of nitrogens with zero attached hydrogens (tertiary/aromatic N) is 1. The summed E-state index contributed by atoms with van der Waals surface area (Å²) in [6, 6.07) is 8.25. The Bertz CT molecular complexity index is 647. The molecule has 3 N–H and O–H groups in total. The van der Waals surface area contributed by atoms with Crippen LogP contribution in [-0.4, -0.2) is 49.5 Å². The Hall–Kier alpha value is -1.92. The van der Waals surface area contributed by atoms with Crippen molar-refractivity contribution in [3.63, 3.8) is 0 Å². The normalized spacial score (nSPS) is 25.9. The number of nitrogens with two attached hydrogens (primary N) is 1. The fourth-order valence-corrected chi connectivity index (χ4v) is 4.08. The minimum atomic E-state index is -0.196. The molecule has 1 aromatic rings. The van der Waals surface area contributed by atoms with Crippen molar-refractivity contribution in [3.05, 3.63) is 35.4 Å². The maximum absolute atomic E-state index is 13.3. The number of aryl methyl sites for hydroxylation is 1. The summed E-state index contributed by atoms with van der Waals surface area (Å²) in [4.78, 5) is 27.4. The highest BCUT2D eigenvalue weighted by Gasteiger charge is 2.38. The first-order valence-electron chi connectivity index (χ1n) is 10.0. The number of piperidine rings is 1. The second-order valence-electron chi connectivity index (χ2n) is 7.65. The van der Waals surface area contributed by atoms with Crippen LogP contribution in [0.25, 0.3) is 0 Å². The molecule has 2 aliphatic rings. The van der Waals surface area contributed by atoms with E-state index in [0.29, 0.717) is 26.2 Å². The van der Waals surface area contributed by atoms with E-state index in [9.17, 15) is 9.59 Å². The molecule has 0 bridgehead atoms. The molecule has 3 unspecified atom stereocenters. The van der Waals surface area contributed by atoms with Crippen LogP contribution in [0.5, 0.6) is 0 Å². The van der Waals surface area contributed by atoms with Gasteiger partial charge in [0.1, 0.15) is 0 Å². The summed E-state index contributed by atoms with van der Waals surface area (Å²) in [5.74, 6) is -0.187. The number of amides is 2. The van der Waals surface area contributed by atoms with Gasteiger partial charge in [0.25, 0.3) is 0 Å². The lowest BCUT2D eigenvalue weighted by molar-refractivity contribution is -0.148. The molecule has 6 heteroatoms. The predicted octanol–water partition coefficient (Wildman–Crippen LogP) is 1.78. The van der Waals surface area contributed by atoms with E-state index >= 15 is 0 Å². The van der Waals surface area contributed by atoms with Crippen LogP contribution in [0.3, 0.4) is 0 Å². The molecule has 2 fully saturated rings. The summed E-state index contributed by atoms with van der Waals surface area (Å²) in [6.07, 6.45) is 3.21. The molecule has 2 saturated heterocycles. The van der Waals surface area contributed by atoms with E-state index in [1.807, 2.05) is 4.90 Å². The molecule has 2 heterocycles. The quantitative estimate of drug-likeness (QED) is 0.824. The number of benzene rings is 1. The third kappa shape index (κ3) is 4.87. The van der Waals surface area contributed by atoms with Crippen LogP contribution in [0.1, 0.15) is 42.9 Å². The average molecular weight is 373 g/mol. The number of nitrogens with one attached hydrogen (secondary N) is 1. The van der Waals surface area contributed by atoms with Crippen LogP contribution >= 0.6 is 0 Å². The summed E-state index contributed by atoms with van der Waals surface area (Å²) < 4.78 is 6.02. The fraction of sp³-hybridized carbons (Fsp3) is 0.619.